The van der Waals surface area contributed by atoms with Gasteiger partial charge in [-0.1, -0.05) is 6.07 Å². The molecule has 2 aliphatic heterocycles. The number of aromatic nitrogens is 2. The molecule has 1 aromatic heterocycles. The van der Waals surface area contributed by atoms with Crippen molar-refractivity contribution in [2.45, 2.75) is 31.8 Å². The molecular formula is C20H26N4O2. The van der Waals surface area contributed by atoms with E-state index >= 15 is 0 Å². The van der Waals surface area contributed by atoms with E-state index in [-0.39, 0.29) is 0 Å². The summed E-state index contributed by atoms with van der Waals surface area (Å²) in [4.78, 5) is 12.0. The van der Waals surface area contributed by atoms with Gasteiger partial charge in [0.1, 0.15) is 5.82 Å². The second kappa shape index (κ2) is 7.60. The number of nitrogens with one attached hydrogen (secondary N) is 1. The van der Waals surface area contributed by atoms with Crippen molar-refractivity contribution in [3.63, 3.8) is 0 Å². The van der Waals surface area contributed by atoms with Gasteiger partial charge in [-0.25, -0.2) is 9.97 Å². The Bertz CT molecular complexity index is 774. The van der Waals surface area contributed by atoms with E-state index in [1.807, 2.05) is 12.3 Å². The van der Waals surface area contributed by atoms with Crippen LogP contribution >= 0.6 is 0 Å². The van der Waals surface area contributed by atoms with Crippen LogP contribution in [-0.4, -0.2) is 48.7 Å². The van der Waals surface area contributed by atoms with Gasteiger partial charge in [-0.05, 0) is 30.7 Å². The van der Waals surface area contributed by atoms with Crippen molar-refractivity contribution in [3.05, 3.63) is 47.0 Å². The van der Waals surface area contributed by atoms with E-state index in [1.165, 1.54) is 16.8 Å². The first-order valence-corrected chi connectivity index (χ1v) is 9.25. The fraction of sp³-hybridized carbons (Fsp3) is 0.500. The maximum atomic E-state index is 5.42. The zero-order chi connectivity index (χ0) is 17.9. The van der Waals surface area contributed by atoms with Gasteiger partial charge in [0.2, 0.25) is 0 Å². The third-order valence-electron chi connectivity index (χ3n) is 5.31. The summed E-state index contributed by atoms with van der Waals surface area (Å²) in [6.45, 7) is 4.87. The van der Waals surface area contributed by atoms with Gasteiger partial charge < -0.3 is 14.8 Å². The molecule has 1 N–H and O–H groups in total. The van der Waals surface area contributed by atoms with Crippen molar-refractivity contribution < 1.29 is 9.47 Å². The van der Waals surface area contributed by atoms with Gasteiger partial charge in [-0.15, -0.1) is 0 Å². The monoisotopic (exact) mass is 354 g/mol. The van der Waals surface area contributed by atoms with Gasteiger partial charge in [0.05, 0.1) is 14.2 Å². The highest BCUT2D eigenvalue weighted by atomic mass is 16.5. The number of ether oxygens (including phenoxy) is 2. The summed E-state index contributed by atoms with van der Waals surface area (Å²) >= 11 is 0. The van der Waals surface area contributed by atoms with E-state index in [0.717, 1.165) is 62.9 Å². The first kappa shape index (κ1) is 17.2. The Morgan fingerprint density at radius 3 is 2.88 bits per heavy atom. The minimum atomic E-state index is 0.477. The average molecular weight is 354 g/mol. The third kappa shape index (κ3) is 3.52. The predicted molar refractivity (Wildman–Crippen MR) is 99.6 cm³/mol. The van der Waals surface area contributed by atoms with E-state index in [2.05, 4.69) is 27.3 Å². The molecule has 0 amide bonds. The SMILES string of the molecule is COc1ccc(CN2CCc3nc([C@H]4CCNC4)ncc3C2)cc1OC. The van der Waals surface area contributed by atoms with Crippen LogP contribution in [0.1, 0.15) is 35.0 Å². The van der Waals surface area contributed by atoms with E-state index in [0.29, 0.717) is 5.92 Å². The lowest BCUT2D eigenvalue weighted by Crippen LogP contribution is -2.31. The summed E-state index contributed by atoms with van der Waals surface area (Å²) in [7, 11) is 3.34. The molecule has 0 radical (unpaired) electrons. The Labute approximate surface area is 154 Å². The van der Waals surface area contributed by atoms with Crippen molar-refractivity contribution >= 4 is 0 Å². The van der Waals surface area contributed by atoms with Crippen LogP contribution in [0.15, 0.2) is 24.4 Å². The summed E-state index contributed by atoms with van der Waals surface area (Å²) in [5, 5.41) is 3.40. The van der Waals surface area contributed by atoms with Crippen LogP contribution in [0.3, 0.4) is 0 Å². The number of rotatable bonds is 5. The second-order valence-corrected chi connectivity index (χ2v) is 7.04. The number of methoxy groups -OCH3 is 2. The Balaban J connectivity index is 1.45. The minimum Gasteiger partial charge on any atom is -0.493 e. The maximum Gasteiger partial charge on any atom is 0.161 e. The summed E-state index contributed by atoms with van der Waals surface area (Å²) in [5.74, 6) is 3.04. The number of hydrogen-bond donors (Lipinski definition) is 1. The Hall–Kier alpha value is -2.18. The predicted octanol–water partition coefficient (Wildman–Crippen LogP) is 2.13. The first-order chi connectivity index (χ1) is 12.8. The summed E-state index contributed by atoms with van der Waals surface area (Å²) in [6, 6.07) is 6.13. The van der Waals surface area contributed by atoms with Crippen LogP contribution in [0, 0.1) is 0 Å². The normalized spacial score (nSPS) is 20.0. The number of nitrogens with zero attached hydrogens (tertiary/aromatic N) is 3. The molecule has 26 heavy (non-hydrogen) atoms. The fourth-order valence-corrected chi connectivity index (χ4v) is 3.83. The molecule has 0 spiro atoms. The highest BCUT2D eigenvalue weighted by Gasteiger charge is 2.23. The minimum absolute atomic E-state index is 0.477. The van der Waals surface area contributed by atoms with Crippen LogP contribution < -0.4 is 14.8 Å². The van der Waals surface area contributed by atoms with Gasteiger partial charge >= 0.3 is 0 Å². The first-order valence-electron chi connectivity index (χ1n) is 9.25. The third-order valence-corrected chi connectivity index (χ3v) is 5.31. The zero-order valence-electron chi connectivity index (χ0n) is 15.5. The van der Waals surface area contributed by atoms with Gasteiger partial charge in [0, 0.05) is 56.0 Å². The van der Waals surface area contributed by atoms with E-state index in [1.54, 1.807) is 14.2 Å². The lowest BCUT2D eigenvalue weighted by atomic mass is 10.0. The van der Waals surface area contributed by atoms with Crippen LogP contribution in [-0.2, 0) is 19.5 Å². The number of fused-ring (bicyclic) bond motifs is 1. The smallest absolute Gasteiger partial charge is 0.161 e. The number of hydrogen-bond acceptors (Lipinski definition) is 6. The van der Waals surface area contributed by atoms with Crippen LogP contribution in [0.4, 0.5) is 0 Å². The molecule has 1 atom stereocenters. The zero-order valence-corrected chi connectivity index (χ0v) is 15.5. The summed E-state index contributed by atoms with van der Waals surface area (Å²) in [5.41, 5.74) is 3.71. The lowest BCUT2D eigenvalue weighted by Gasteiger charge is -2.28. The highest BCUT2D eigenvalue weighted by Crippen LogP contribution is 2.29. The van der Waals surface area contributed by atoms with Gasteiger partial charge in [-0.2, -0.15) is 0 Å². The van der Waals surface area contributed by atoms with Crippen LogP contribution in [0.25, 0.3) is 0 Å². The molecule has 1 fully saturated rings. The largest absolute Gasteiger partial charge is 0.493 e. The maximum absolute atomic E-state index is 5.42. The summed E-state index contributed by atoms with van der Waals surface area (Å²) in [6.07, 6.45) is 4.17. The average Bonchev–Trinajstić information content (AvgIpc) is 3.22. The van der Waals surface area contributed by atoms with E-state index in [9.17, 15) is 0 Å². The van der Waals surface area contributed by atoms with Gasteiger partial charge in [0.25, 0.3) is 0 Å². The van der Waals surface area contributed by atoms with Crippen molar-refractivity contribution in [2.24, 2.45) is 0 Å². The fourth-order valence-electron chi connectivity index (χ4n) is 3.83. The molecule has 6 nitrogen and oxygen atoms in total. The Morgan fingerprint density at radius 1 is 1.23 bits per heavy atom. The topological polar surface area (TPSA) is 59.5 Å². The molecular weight excluding hydrogens is 328 g/mol. The van der Waals surface area contributed by atoms with Gasteiger partial charge in [0.15, 0.2) is 11.5 Å². The molecule has 0 aliphatic carbocycles. The van der Waals surface area contributed by atoms with Gasteiger partial charge in [-0.3, -0.25) is 4.90 Å². The van der Waals surface area contributed by atoms with Crippen molar-refractivity contribution in [1.29, 1.82) is 0 Å². The molecule has 2 aliphatic rings. The molecule has 2 aromatic rings. The molecule has 0 saturated carbocycles. The van der Waals surface area contributed by atoms with Crippen molar-refractivity contribution in [2.75, 3.05) is 33.9 Å². The second-order valence-electron chi connectivity index (χ2n) is 7.04. The molecule has 138 valence electrons. The molecule has 1 saturated heterocycles. The lowest BCUT2D eigenvalue weighted by molar-refractivity contribution is 0.242. The van der Waals surface area contributed by atoms with Crippen molar-refractivity contribution in [1.82, 2.24) is 20.2 Å². The van der Waals surface area contributed by atoms with E-state index in [4.69, 9.17) is 14.5 Å². The summed E-state index contributed by atoms with van der Waals surface area (Å²) < 4.78 is 10.7. The quantitative estimate of drug-likeness (QED) is 0.888. The number of benzene rings is 1. The van der Waals surface area contributed by atoms with Crippen LogP contribution in [0.2, 0.25) is 0 Å². The molecule has 3 heterocycles. The molecule has 6 heteroatoms. The molecule has 0 bridgehead atoms. The standard InChI is InChI=1S/C20H26N4O2/c1-25-18-4-3-14(9-19(18)26-2)12-24-8-6-17-16(13-24)11-22-20(23-17)15-5-7-21-10-15/h3-4,9,11,15,21H,5-8,10,12-13H2,1-2H3/t15-/m0/s1. The van der Waals surface area contributed by atoms with Crippen molar-refractivity contribution in [3.8, 4) is 11.5 Å². The molecule has 1 aromatic carbocycles. The molecule has 0 unspecified atom stereocenters. The highest BCUT2D eigenvalue weighted by molar-refractivity contribution is 5.42. The van der Waals surface area contributed by atoms with Crippen LogP contribution in [0.5, 0.6) is 11.5 Å². The Morgan fingerprint density at radius 2 is 2.12 bits per heavy atom. The molecule has 4 rings (SSSR count). The van der Waals surface area contributed by atoms with E-state index < -0.39 is 0 Å². The Kier molecular flexibility index (Phi) is 5.04.